The van der Waals surface area contributed by atoms with Crippen LogP contribution in [-0.2, 0) is 9.53 Å². The van der Waals surface area contributed by atoms with E-state index in [1.54, 1.807) is 19.3 Å². The summed E-state index contributed by atoms with van der Waals surface area (Å²) in [6, 6.07) is 9.18. The zero-order valence-electron chi connectivity index (χ0n) is 14.5. The van der Waals surface area contributed by atoms with Crippen molar-refractivity contribution in [1.82, 2.24) is 4.90 Å². The molecule has 0 saturated carbocycles. The van der Waals surface area contributed by atoms with E-state index in [-0.39, 0.29) is 11.1 Å². The maximum atomic E-state index is 12.4. The molecular formula is C19H18ClNO4S. The molecule has 136 valence electrons. The molecule has 0 unspecified atom stereocenters. The first-order valence-electron chi connectivity index (χ1n) is 8.10. The van der Waals surface area contributed by atoms with Crippen LogP contribution in [0.3, 0.4) is 0 Å². The fourth-order valence-corrected chi connectivity index (χ4v) is 3.64. The smallest absolute Gasteiger partial charge is 0.293 e. The zero-order valence-corrected chi connectivity index (χ0v) is 16.0. The Morgan fingerprint density at radius 1 is 1.27 bits per heavy atom. The van der Waals surface area contributed by atoms with Crippen molar-refractivity contribution < 1.29 is 18.7 Å². The van der Waals surface area contributed by atoms with Gasteiger partial charge in [0.05, 0.1) is 4.91 Å². The Hall–Kier alpha value is -2.02. The van der Waals surface area contributed by atoms with E-state index < -0.39 is 0 Å². The van der Waals surface area contributed by atoms with E-state index in [4.69, 9.17) is 20.8 Å². The molecule has 1 aromatic heterocycles. The van der Waals surface area contributed by atoms with Crippen molar-refractivity contribution in [2.75, 3.05) is 20.3 Å². The summed E-state index contributed by atoms with van der Waals surface area (Å²) in [7, 11) is 1.59. The van der Waals surface area contributed by atoms with Crippen molar-refractivity contribution in [2.24, 2.45) is 0 Å². The number of furan rings is 1. The van der Waals surface area contributed by atoms with E-state index >= 15 is 0 Å². The number of hydrogen-bond donors (Lipinski definition) is 0. The van der Waals surface area contributed by atoms with E-state index in [0.29, 0.717) is 41.0 Å². The minimum atomic E-state index is -0.298. The monoisotopic (exact) mass is 391 g/mol. The van der Waals surface area contributed by atoms with Crippen LogP contribution in [0, 0.1) is 6.92 Å². The fourth-order valence-electron chi connectivity index (χ4n) is 2.62. The van der Waals surface area contributed by atoms with Crippen LogP contribution in [0.2, 0.25) is 5.02 Å². The summed E-state index contributed by atoms with van der Waals surface area (Å²) in [5, 5.41) is 0.357. The molecule has 1 aliphatic rings. The van der Waals surface area contributed by atoms with Crippen LogP contribution in [0.15, 0.2) is 39.7 Å². The summed E-state index contributed by atoms with van der Waals surface area (Å²) >= 11 is 6.98. The first-order valence-corrected chi connectivity index (χ1v) is 9.29. The Morgan fingerprint density at radius 2 is 2.08 bits per heavy atom. The van der Waals surface area contributed by atoms with Crippen LogP contribution in [0.25, 0.3) is 17.4 Å². The molecule has 7 heteroatoms. The van der Waals surface area contributed by atoms with E-state index in [1.165, 1.54) is 4.90 Å². The Bertz CT molecular complexity index is 874. The highest BCUT2D eigenvalue weighted by Crippen LogP contribution is 2.34. The number of methoxy groups -OCH3 is 1. The summed E-state index contributed by atoms with van der Waals surface area (Å²) in [5.41, 5.74) is 1.93. The number of hydrogen-bond acceptors (Lipinski definition) is 5. The molecule has 2 heterocycles. The summed E-state index contributed by atoms with van der Waals surface area (Å²) in [6.45, 7) is 2.82. The van der Waals surface area contributed by atoms with Crippen LogP contribution in [0.5, 0.6) is 0 Å². The molecule has 2 aromatic rings. The highest BCUT2D eigenvalue weighted by molar-refractivity contribution is 8.18. The van der Waals surface area contributed by atoms with Gasteiger partial charge in [-0.15, -0.1) is 0 Å². The summed E-state index contributed by atoms with van der Waals surface area (Å²) in [6.07, 6.45) is 2.21. The molecule has 2 amide bonds. The van der Waals surface area contributed by atoms with Gasteiger partial charge in [-0.25, -0.2) is 0 Å². The maximum absolute atomic E-state index is 12.4. The molecule has 5 nitrogen and oxygen atoms in total. The minimum absolute atomic E-state index is 0.269. The predicted octanol–water partition coefficient (Wildman–Crippen LogP) is 4.98. The Kier molecular flexibility index (Phi) is 5.86. The van der Waals surface area contributed by atoms with Crippen molar-refractivity contribution in [3.05, 3.63) is 51.6 Å². The number of rotatable bonds is 6. The normalized spacial score (nSPS) is 16.1. The van der Waals surface area contributed by atoms with Crippen LogP contribution in [0.1, 0.15) is 17.7 Å². The van der Waals surface area contributed by atoms with Crippen molar-refractivity contribution in [1.29, 1.82) is 0 Å². The van der Waals surface area contributed by atoms with E-state index in [2.05, 4.69) is 0 Å². The molecule has 3 rings (SSSR count). The van der Waals surface area contributed by atoms with Gasteiger partial charge in [-0.1, -0.05) is 17.7 Å². The van der Waals surface area contributed by atoms with Crippen molar-refractivity contribution in [2.45, 2.75) is 13.3 Å². The fraction of sp³-hybridized carbons (Fsp3) is 0.263. The average Bonchev–Trinajstić information content (AvgIpc) is 3.17. The lowest BCUT2D eigenvalue weighted by atomic mass is 10.1. The average molecular weight is 392 g/mol. The number of amides is 2. The van der Waals surface area contributed by atoms with Gasteiger partial charge in [-0.2, -0.15) is 0 Å². The highest BCUT2D eigenvalue weighted by atomic mass is 35.5. The van der Waals surface area contributed by atoms with Gasteiger partial charge in [0.15, 0.2) is 0 Å². The molecule has 0 bridgehead atoms. The molecule has 0 atom stereocenters. The second kappa shape index (κ2) is 8.12. The van der Waals surface area contributed by atoms with Gasteiger partial charge in [0.2, 0.25) is 0 Å². The van der Waals surface area contributed by atoms with E-state index in [0.717, 1.165) is 22.9 Å². The van der Waals surface area contributed by atoms with Crippen molar-refractivity contribution >= 4 is 40.6 Å². The quantitative estimate of drug-likeness (QED) is 0.513. The first kappa shape index (κ1) is 18.8. The number of carbonyl (C=O) groups excluding carboxylic acids is 2. The van der Waals surface area contributed by atoms with Gasteiger partial charge in [0.25, 0.3) is 11.1 Å². The van der Waals surface area contributed by atoms with Gasteiger partial charge in [-0.05, 0) is 54.9 Å². The molecule has 0 N–H and O–H groups in total. The Morgan fingerprint density at radius 3 is 2.85 bits per heavy atom. The third kappa shape index (κ3) is 4.03. The van der Waals surface area contributed by atoms with Crippen molar-refractivity contribution in [3.8, 4) is 11.3 Å². The summed E-state index contributed by atoms with van der Waals surface area (Å²) in [4.78, 5) is 26.0. The molecular weight excluding hydrogens is 374 g/mol. The third-order valence-corrected chi connectivity index (χ3v) is 5.11. The number of imide groups is 1. The SMILES string of the molecule is COCCCN1C(=O)S/C(=C/c2ccc(-c3cc(Cl)ccc3C)o2)C1=O. The van der Waals surface area contributed by atoms with Crippen molar-refractivity contribution in [3.63, 3.8) is 0 Å². The number of benzene rings is 1. The molecule has 0 radical (unpaired) electrons. The number of nitrogens with zero attached hydrogens (tertiary/aromatic N) is 1. The second-order valence-electron chi connectivity index (χ2n) is 5.84. The van der Waals surface area contributed by atoms with Gasteiger partial charge in [0.1, 0.15) is 11.5 Å². The molecule has 1 fully saturated rings. The molecule has 1 aliphatic heterocycles. The van der Waals surface area contributed by atoms with E-state index in [1.807, 2.05) is 31.2 Å². The van der Waals surface area contributed by atoms with E-state index in [9.17, 15) is 9.59 Å². The summed E-state index contributed by atoms with van der Waals surface area (Å²) in [5.74, 6) is 0.880. The van der Waals surface area contributed by atoms with Crippen LogP contribution in [-0.4, -0.2) is 36.3 Å². The Balaban J connectivity index is 1.79. The lowest BCUT2D eigenvalue weighted by molar-refractivity contribution is -0.122. The van der Waals surface area contributed by atoms with Gasteiger partial charge in [0, 0.05) is 36.9 Å². The molecule has 0 spiro atoms. The van der Waals surface area contributed by atoms with Gasteiger partial charge >= 0.3 is 0 Å². The lowest BCUT2D eigenvalue weighted by Gasteiger charge is -2.11. The Labute approximate surface area is 160 Å². The number of halogens is 1. The highest BCUT2D eigenvalue weighted by Gasteiger charge is 2.34. The number of ether oxygens (including phenoxy) is 1. The standard InChI is InChI=1S/C19H18ClNO4S/c1-12-4-5-13(20)10-15(12)16-7-6-14(25-16)11-17-18(22)21(19(23)26-17)8-3-9-24-2/h4-7,10-11H,3,8-9H2,1-2H3/b17-11+. The maximum Gasteiger partial charge on any atom is 0.293 e. The van der Waals surface area contributed by atoms with Crippen LogP contribution < -0.4 is 0 Å². The largest absolute Gasteiger partial charge is 0.457 e. The third-order valence-electron chi connectivity index (χ3n) is 3.97. The summed E-state index contributed by atoms with van der Waals surface area (Å²) < 4.78 is 10.8. The van der Waals surface area contributed by atoms with Gasteiger partial charge in [-0.3, -0.25) is 14.5 Å². The minimum Gasteiger partial charge on any atom is -0.457 e. The molecule has 0 aliphatic carbocycles. The number of aryl methyl sites for hydroxylation is 1. The molecule has 1 saturated heterocycles. The first-order chi connectivity index (χ1) is 12.5. The lowest BCUT2D eigenvalue weighted by Crippen LogP contribution is -2.29. The zero-order chi connectivity index (χ0) is 18.7. The van der Waals surface area contributed by atoms with Gasteiger partial charge < -0.3 is 9.15 Å². The molecule has 1 aromatic carbocycles. The number of carbonyl (C=O) groups is 2. The number of thioether (sulfide) groups is 1. The van der Waals surface area contributed by atoms with Crippen LogP contribution >= 0.6 is 23.4 Å². The second-order valence-corrected chi connectivity index (χ2v) is 7.27. The predicted molar refractivity (Wildman–Crippen MR) is 103 cm³/mol. The molecule has 26 heavy (non-hydrogen) atoms. The topological polar surface area (TPSA) is 59.8 Å². The van der Waals surface area contributed by atoms with Crippen LogP contribution in [0.4, 0.5) is 4.79 Å².